The van der Waals surface area contributed by atoms with E-state index in [1.165, 1.54) is 10.5 Å². The number of carbonyl (C=O) groups is 2. The molecule has 6 nitrogen and oxygen atoms in total. The number of imide groups is 1. The van der Waals surface area contributed by atoms with Crippen molar-refractivity contribution < 1.29 is 19.2 Å². The summed E-state index contributed by atoms with van der Waals surface area (Å²) in [6.45, 7) is 4.20. The maximum absolute atomic E-state index is 13.7. The first kappa shape index (κ1) is 20.8. The van der Waals surface area contributed by atoms with Crippen molar-refractivity contribution in [3.63, 3.8) is 0 Å². The highest BCUT2D eigenvalue weighted by molar-refractivity contribution is 6.24. The molecule has 2 saturated heterocycles. The molecule has 2 aromatic rings. The second kappa shape index (κ2) is 8.10. The number of allylic oxidation sites excluding steroid dienone is 1. The maximum atomic E-state index is 13.7. The number of amides is 2. The number of ether oxygens (including phenoxy) is 1. The number of carbonyl (C=O) groups excluding carboxylic acids is 2. The summed E-state index contributed by atoms with van der Waals surface area (Å²) in [4.78, 5) is 34.7. The fraction of sp³-hybridized carbons (Fsp3) is 0.385. The lowest BCUT2D eigenvalue weighted by atomic mass is 9.76. The van der Waals surface area contributed by atoms with Crippen molar-refractivity contribution in [1.29, 1.82) is 0 Å². The van der Waals surface area contributed by atoms with Crippen LogP contribution in [0.25, 0.3) is 0 Å². The molecular formula is C26H28N2O4. The van der Waals surface area contributed by atoms with Gasteiger partial charge in [0, 0.05) is 0 Å². The molecule has 0 unspecified atom stereocenters. The van der Waals surface area contributed by atoms with E-state index in [1.807, 2.05) is 54.8 Å². The van der Waals surface area contributed by atoms with E-state index in [0.717, 1.165) is 24.9 Å². The van der Waals surface area contributed by atoms with E-state index in [0.29, 0.717) is 12.1 Å². The Kier molecular flexibility index (Phi) is 5.25. The average molecular weight is 433 g/mol. The Labute approximate surface area is 188 Å². The largest absolute Gasteiger partial charge is 0.493 e. The summed E-state index contributed by atoms with van der Waals surface area (Å²) in [5, 5.41) is 1.77. The molecule has 2 fully saturated rings. The Morgan fingerprint density at radius 3 is 2.16 bits per heavy atom. The Morgan fingerprint density at radius 1 is 0.938 bits per heavy atom. The number of nitrogens with zero attached hydrogens (tertiary/aromatic N) is 2. The third-order valence-electron chi connectivity index (χ3n) is 7.06. The molecule has 3 aliphatic heterocycles. The van der Waals surface area contributed by atoms with Gasteiger partial charge in [-0.1, -0.05) is 50.2 Å². The van der Waals surface area contributed by atoms with Gasteiger partial charge in [0.15, 0.2) is 6.10 Å². The number of hydrogen-bond donors (Lipinski definition) is 0. The molecule has 0 N–H and O–H groups in total. The minimum absolute atomic E-state index is 0.226. The minimum Gasteiger partial charge on any atom is -0.493 e. The molecule has 4 atom stereocenters. The predicted octanol–water partition coefficient (Wildman–Crippen LogP) is 4.62. The van der Waals surface area contributed by atoms with E-state index in [4.69, 9.17) is 9.57 Å². The first-order chi connectivity index (χ1) is 15.6. The fourth-order valence-electron chi connectivity index (χ4n) is 5.22. The van der Waals surface area contributed by atoms with Gasteiger partial charge in [-0.15, -0.1) is 0 Å². The molecule has 2 amide bonds. The number of hydrogen-bond acceptors (Lipinski definition) is 5. The molecular weight excluding hydrogens is 404 g/mol. The van der Waals surface area contributed by atoms with Crippen molar-refractivity contribution in [2.45, 2.75) is 57.3 Å². The molecule has 0 bridgehead atoms. The number of para-hydroxylation sites is 2. The van der Waals surface area contributed by atoms with Crippen LogP contribution in [0.3, 0.4) is 0 Å². The first-order valence-corrected chi connectivity index (χ1v) is 11.4. The van der Waals surface area contributed by atoms with Crippen molar-refractivity contribution in [3.05, 3.63) is 72.5 Å². The van der Waals surface area contributed by atoms with Crippen LogP contribution in [0.1, 0.15) is 39.5 Å². The van der Waals surface area contributed by atoms with Gasteiger partial charge in [-0.25, -0.2) is 9.96 Å². The third kappa shape index (κ3) is 3.13. The highest BCUT2D eigenvalue weighted by Gasteiger charge is 2.65. The maximum Gasteiger partial charge on any atom is 0.266 e. The summed E-state index contributed by atoms with van der Waals surface area (Å²) in [6, 6.07) is 18.3. The number of benzene rings is 2. The predicted molar refractivity (Wildman–Crippen MR) is 122 cm³/mol. The molecule has 3 heterocycles. The molecule has 0 aromatic heterocycles. The molecule has 0 aliphatic carbocycles. The first-order valence-electron chi connectivity index (χ1n) is 11.4. The Hall–Kier alpha value is -3.12. The van der Waals surface area contributed by atoms with Crippen molar-refractivity contribution in [2.75, 3.05) is 9.96 Å². The van der Waals surface area contributed by atoms with Gasteiger partial charge in [0.1, 0.15) is 17.6 Å². The van der Waals surface area contributed by atoms with Gasteiger partial charge in [0.25, 0.3) is 5.91 Å². The van der Waals surface area contributed by atoms with Crippen LogP contribution < -0.4 is 9.96 Å². The van der Waals surface area contributed by atoms with Crippen molar-refractivity contribution in [3.8, 4) is 0 Å². The van der Waals surface area contributed by atoms with Gasteiger partial charge >= 0.3 is 0 Å². The van der Waals surface area contributed by atoms with Gasteiger partial charge in [-0.3, -0.25) is 14.4 Å². The minimum atomic E-state index is -0.864. The number of hydroxylamine groups is 1. The van der Waals surface area contributed by atoms with Crippen LogP contribution in [0.4, 0.5) is 11.4 Å². The molecule has 166 valence electrons. The quantitative estimate of drug-likeness (QED) is 0.646. The van der Waals surface area contributed by atoms with E-state index in [9.17, 15) is 9.59 Å². The Morgan fingerprint density at radius 2 is 1.59 bits per heavy atom. The molecule has 5 rings (SSSR count). The Bertz CT molecular complexity index is 1040. The summed E-state index contributed by atoms with van der Waals surface area (Å²) >= 11 is 0. The Balaban J connectivity index is 1.58. The zero-order valence-corrected chi connectivity index (χ0v) is 18.4. The van der Waals surface area contributed by atoms with Gasteiger partial charge in [-0.05, 0) is 55.5 Å². The normalized spacial score (nSPS) is 29.7. The van der Waals surface area contributed by atoms with Crippen molar-refractivity contribution in [2.24, 2.45) is 5.92 Å². The molecule has 0 radical (unpaired) electrons. The van der Waals surface area contributed by atoms with E-state index in [2.05, 4.69) is 13.8 Å². The summed E-state index contributed by atoms with van der Waals surface area (Å²) in [5.74, 6) is -1.18. The van der Waals surface area contributed by atoms with Crippen LogP contribution in [0, 0.1) is 5.92 Å². The summed E-state index contributed by atoms with van der Waals surface area (Å²) in [7, 11) is 0. The molecule has 6 heteroatoms. The number of fused-ring (bicyclic) bond motifs is 1. The van der Waals surface area contributed by atoms with Gasteiger partial charge < -0.3 is 4.74 Å². The zero-order chi connectivity index (χ0) is 22.3. The van der Waals surface area contributed by atoms with Gasteiger partial charge in [0.2, 0.25) is 5.91 Å². The molecule has 0 spiro atoms. The lowest BCUT2D eigenvalue weighted by Crippen LogP contribution is -2.56. The third-order valence-corrected chi connectivity index (χ3v) is 7.06. The van der Waals surface area contributed by atoms with Crippen LogP contribution in [0.2, 0.25) is 0 Å². The van der Waals surface area contributed by atoms with Crippen molar-refractivity contribution in [1.82, 2.24) is 0 Å². The zero-order valence-electron chi connectivity index (χ0n) is 18.4. The molecule has 0 saturated carbocycles. The van der Waals surface area contributed by atoms with Crippen LogP contribution in [0.5, 0.6) is 0 Å². The van der Waals surface area contributed by atoms with E-state index in [1.54, 1.807) is 17.2 Å². The van der Waals surface area contributed by atoms with Gasteiger partial charge in [-0.2, -0.15) is 0 Å². The monoisotopic (exact) mass is 432 g/mol. The van der Waals surface area contributed by atoms with E-state index >= 15 is 0 Å². The van der Waals surface area contributed by atoms with Crippen LogP contribution in [0.15, 0.2) is 72.5 Å². The topological polar surface area (TPSA) is 59.1 Å². The average Bonchev–Trinajstić information content (AvgIpc) is 3.36. The highest BCUT2D eigenvalue weighted by Crippen LogP contribution is 2.48. The van der Waals surface area contributed by atoms with Crippen molar-refractivity contribution >= 4 is 23.2 Å². The number of rotatable bonds is 5. The fourth-order valence-corrected chi connectivity index (χ4v) is 5.22. The molecule has 3 aliphatic rings. The molecule has 32 heavy (non-hydrogen) atoms. The lowest BCUT2D eigenvalue weighted by molar-refractivity contribution is -0.127. The summed E-state index contributed by atoms with van der Waals surface area (Å²) in [6.07, 6.45) is 4.32. The summed E-state index contributed by atoms with van der Waals surface area (Å²) < 4.78 is 6.42. The summed E-state index contributed by atoms with van der Waals surface area (Å²) in [5.41, 5.74) is 2.03. The van der Waals surface area contributed by atoms with Gasteiger partial charge in [0.05, 0.1) is 17.6 Å². The number of anilines is 2. The lowest BCUT2D eigenvalue weighted by Gasteiger charge is -2.45. The smallest absolute Gasteiger partial charge is 0.266 e. The standard InChI is InChI=1S/C26H28N2O4/c1-3-18-15-16-26(4-2,31-17-18)23-21-22(32-28(23)20-13-9-6-10-14-20)25(30)27(24(21)29)19-11-7-5-8-12-19/h5-14,17,21-23H,3-4,15-16H2,1-2H3/t21-,22-,23+,26-/m0/s1. The van der Waals surface area contributed by atoms with Crippen LogP contribution >= 0.6 is 0 Å². The highest BCUT2D eigenvalue weighted by atomic mass is 16.7. The molecule has 2 aromatic carbocycles. The second-order valence-corrected chi connectivity index (χ2v) is 8.67. The van der Waals surface area contributed by atoms with Crippen LogP contribution in [-0.4, -0.2) is 29.6 Å². The van der Waals surface area contributed by atoms with E-state index in [-0.39, 0.29) is 11.8 Å². The van der Waals surface area contributed by atoms with Crippen LogP contribution in [-0.2, 0) is 19.2 Å². The second-order valence-electron chi connectivity index (χ2n) is 8.67. The van der Waals surface area contributed by atoms with E-state index < -0.39 is 23.7 Å². The SMILES string of the molecule is CCC1=CO[C@](CC)([C@H]2[C@H]3C(=O)N(c4ccccc4)C(=O)[C@H]3ON2c2ccccc2)CC1.